The minimum Gasteiger partial charge on any atom is -0.447 e. The summed E-state index contributed by atoms with van der Waals surface area (Å²) in [7, 11) is 0. The Morgan fingerprint density at radius 2 is 1.91 bits per heavy atom. The highest BCUT2D eigenvalue weighted by Crippen LogP contribution is 2.31. The monoisotopic (exact) mass is 481 g/mol. The highest BCUT2D eigenvalue weighted by molar-refractivity contribution is 5.75. The van der Waals surface area contributed by atoms with Crippen LogP contribution < -0.4 is 5.56 Å². The van der Waals surface area contributed by atoms with Gasteiger partial charge in [0.2, 0.25) is 5.95 Å². The van der Waals surface area contributed by atoms with Crippen LogP contribution in [0.25, 0.3) is 17.0 Å². The number of carbonyl (C=O) groups is 1. The lowest BCUT2D eigenvalue weighted by Crippen LogP contribution is -2.39. The molecule has 2 aliphatic heterocycles. The maximum absolute atomic E-state index is 13.6. The summed E-state index contributed by atoms with van der Waals surface area (Å²) < 4.78 is 12.4. The molecule has 188 valence electrons. The second kappa shape index (κ2) is 10.3. The van der Waals surface area contributed by atoms with Crippen LogP contribution in [0.1, 0.15) is 63.1 Å². The van der Waals surface area contributed by atoms with Crippen LogP contribution in [0, 0.1) is 5.92 Å². The third kappa shape index (κ3) is 5.15. The minimum absolute atomic E-state index is 0.0345. The van der Waals surface area contributed by atoms with Crippen molar-refractivity contribution < 1.29 is 14.3 Å². The van der Waals surface area contributed by atoms with Gasteiger partial charge in [0, 0.05) is 43.5 Å². The molecule has 2 fully saturated rings. The summed E-state index contributed by atoms with van der Waals surface area (Å²) in [5, 5.41) is 3.41. The van der Waals surface area contributed by atoms with E-state index in [1.54, 1.807) is 9.58 Å². The van der Waals surface area contributed by atoms with E-state index in [0.717, 1.165) is 74.0 Å². The van der Waals surface area contributed by atoms with E-state index in [4.69, 9.17) is 9.47 Å². The second-order valence-electron chi connectivity index (χ2n) is 10.0. The summed E-state index contributed by atoms with van der Waals surface area (Å²) in [6, 6.07) is 7.78. The Bertz CT molecular complexity index is 1180. The molecule has 9 nitrogen and oxygen atoms in total. The number of hydrogen-bond donors (Lipinski definition) is 2. The van der Waals surface area contributed by atoms with Crippen molar-refractivity contribution in [2.24, 2.45) is 5.92 Å². The van der Waals surface area contributed by atoms with E-state index in [-0.39, 0.29) is 23.7 Å². The number of amides is 1. The molecule has 2 aliphatic rings. The first-order valence-electron chi connectivity index (χ1n) is 12.8. The fourth-order valence-corrected chi connectivity index (χ4v) is 5.27. The molecule has 9 heteroatoms. The lowest BCUT2D eigenvalue weighted by molar-refractivity contribution is 0.0638. The Balaban J connectivity index is 1.40. The summed E-state index contributed by atoms with van der Waals surface area (Å²) in [4.78, 5) is 35.7. The Morgan fingerprint density at radius 1 is 1.17 bits per heavy atom. The van der Waals surface area contributed by atoms with Gasteiger partial charge in [0.15, 0.2) is 0 Å². The molecule has 1 amide bonds. The first-order chi connectivity index (χ1) is 17.0. The molecule has 3 aromatic rings. The van der Waals surface area contributed by atoms with Crippen LogP contribution in [0.15, 0.2) is 29.1 Å². The number of para-hydroxylation sites is 2. The molecule has 2 N–H and O–H groups in total. The van der Waals surface area contributed by atoms with Crippen molar-refractivity contribution in [2.75, 3.05) is 26.3 Å². The third-order valence-electron chi connectivity index (χ3n) is 7.25. The van der Waals surface area contributed by atoms with Gasteiger partial charge in [0.25, 0.3) is 5.56 Å². The predicted molar refractivity (Wildman–Crippen MR) is 133 cm³/mol. The van der Waals surface area contributed by atoms with E-state index in [1.807, 2.05) is 38.1 Å². The zero-order chi connectivity index (χ0) is 24.4. The fourth-order valence-electron chi connectivity index (χ4n) is 5.27. The van der Waals surface area contributed by atoms with Crippen LogP contribution in [-0.2, 0) is 15.9 Å². The molecule has 35 heavy (non-hydrogen) atoms. The molecule has 2 aromatic heterocycles. The molecule has 0 aliphatic carbocycles. The summed E-state index contributed by atoms with van der Waals surface area (Å²) in [5.41, 5.74) is 3.52. The van der Waals surface area contributed by atoms with E-state index >= 15 is 0 Å². The SMILES string of the molecule is CC(C)OC(=O)N1CCC(c2[nH]n(-c3nc4ccccc4[nH]3)c(=O)c2CCC2CCOCC2)CC1. The number of carbonyl (C=O) groups excluding carboxylic acids is 1. The fraction of sp³-hybridized carbons (Fsp3) is 0.577. The zero-order valence-electron chi connectivity index (χ0n) is 20.6. The minimum atomic E-state index is -0.258. The van der Waals surface area contributed by atoms with Crippen LogP contribution in [0.3, 0.4) is 0 Å². The Morgan fingerprint density at radius 3 is 2.63 bits per heavy atom. The van der Waals surface area contributed by atoms with Crippen molar-refractivity contribution in [2.45, 2.75) is 64.4 Å². The second-order valence-corrected chi connectivity index (χ2v) is 10.0. The topological polar surface area (TPSA) is 105 Å². The average Bonchev–Trinajstić information content (AvgIpc) is 3.44. The van der Waals surface area contributed by atoms with Gasteiger partial charge in [-0.1, -0.05) is 12.1 Å². The molecule has 0 atom stereocenters. The zero-order valence-corrected chi connectivity index (χ0v) is 20.6. The van der Waals surface area contributed by atoms with Crippen molar-refractivity contribution in [1.29, 1.82) is 0 Å². The van der Waals surface area contributed by atoms with Crippen molar-refractivity contribution >= 4 is 17.1 Å². The summed E-state index contributed by atoms with van der Waals surface area (Å²) >= 11 is 0. The molecule has 0 radical (unpaired) electrons. The van der Waals surface area contributed by atoms with E-state index in [0.29, 0.717) is 25.0 Å². The van der Waals surface area contributed by atoms with Gasteiger partial charge in [-0.15, -0.1) is 0 Å². The number of aromatic nitrogens is 4. The van der Waals surface area contributed by atoms with Gasteiger partial charge in [-0.3, -0.25) is 9.89 Å². The van der Waals surface area contributed by atoms with Gasteiger partial charge >= 0.3 is 6.09 Å². The van der Waals surface area contributed by atoms with Gasteiger partial charge < -0.3 is 19.4 Å². The number of H-pyrrole nitrogens is 2. The number of nitrogens with one attached hydrogen (secondary N) is 2. The van der Waals surface area contributed by atoms with E-state index in [1.165, 1.54) is 0 Å². The summed E-state index contributed by atoms with van der Waals surface area (Å²) in [6.07, 6.45) is 5.00. The first-order valence-corrected chi connectivity index (χ1v) is 12.8. The highest BCUT2D eigenvalue weighted by Gasteiger charge is 2.30. The molecule has 0 saturated carbocycles. The highest BCUT2D eigenvalue weighted by atomic mass is 16.6. The summed E-state index contributed by atoms with van der Waals surface area (Å²) in [5.74, 6) is 1.27. The molecule has 0 unspecified atom stereocenters. The van der Waals surface area contributed by atoms with Gasteiger partial charge in [0.1, 0.15) is 0 Å². The lowest BCUT2D eigenvalue weighted by Gasteiger charge is -2.31. The first kappa shape index (κ1) is 23.7. The maximum Gasteiger partial charge on any atom is 0.410 e. The molecular formula is C26H35N5O4. The van der Waals surface area contributed by atoms with E-state index < -0.39 is 0 Å². The Labute approximate surface area is 204 Å². The van der Waals surface area contributed by atoms with Crippen molar-refractivity contribution in [3.63, 3.8) is 0 Å². The molecule has 5 rings (SSSR count). The Hall–Kier alpha value is -3.07. The predicted octanol–water partition coefficient (Wildman–Crippen LogP) is 4.13. The quantitative estimate of drug-likeness (QED) is 0.551. The number of ether oxygens (including phenoxy) is 2. The molecule has 0 spiro atoms. The standard InChI is InChI=1S/C26H35N5O4/c1-17(2)35-26(33)30-13-9-19(10-14-30)23-20(8-7-18-11-15-34-16-12-18)24(32)31(29-23)25-27-21-5-3-4-6-22(21)28-25/h3-6,17-19,29H,7-16H2,1-2H3,(H,27,28). The van der Waals surface area contributed by atoms with Crippen LogP contribution in [0.5, 0.6) is 0 Å². The van der Waals surface area contributed by atoms with Gasteiger partial charge in [-0.05, 0) is 70.4 Å². The maximum atomic E-state index is 13.6. The van der Waals surface area contributed by atoms with E-state index in [9.17, 15) is 9.59 Å². The van der Waals surface area contributed by atoms with Gasteiger partial charge in [-0.25, -0.2) is 9.78 Å². The summed E-state index contributed by atoms with van der Waals surface area (Å²) in [6.45, 7) is 6.57. The third-order valence-corrected chi connectivity index (χ3v) is 7.25. The normalized spacial score (nSPS) is 18.0. The number of fused-ring (bicyclic) bond motifs is 1. The van der Waals surface area contributed by atoms with Gasteiger partial charge in [0.05, 0.1) is 17.1 Å². The number of benzene rings is 1. The van der Waals surface area contributed by atoms with Crippen LogP contribution in [-0.4, -0.2) is 63.1 Å². The number of rotatable bonds is 6. The molecule has 2 saturated heterocycles. The number of imidazole rings is 1. The Kier molecular flexibility index (Phi) is 6.95. The van der Waals surface area contributed by atoms with Gasteiger partial charge in [-0.2, -0.15) is 4.68 Å². The number of hydrogen-bond acceptors (Lipinski definition) is 5. The van der Waals surface area contributed by atoms with Crippen molar-refractivity contribution in [3.8, 4) is 5.95 Å². The average molecular weight is 482 g/mol. The van der Waals surface area contributed by atoms with E-state index in [2.05, 4.69) is 15.1 Å². The number of likely N-dealkylation sites (tertiary alicyclic amines) is 1. The number of aromatic amines is 2. The number of nitrogens with zero attached hydrogens (tertiary/aromatic N) is 3. The van der Waals surface area contributed by atoms with Crippen LogP contribution in [0.2, 0.25) is 0 Å². The number of piperidine rings is 1. The molecule has 1 aromatic carbocycles. The molecule has 0 bridgehead atoms. The smallest absolute Gasteiger partial charge is 0.410 e. The largest absolute Gasteiger partial charge is 0.447 e. The van der Waals surface area contributed by atoms with Crippen LogP contribution >= 0.6 is 0 Å². The van der Waals surface area contributed by atoms with Crippen molar-refractivity contribution in [1.82, 2.24) is 24.6 Å². The molecular weight excluding hydrogens is 446 g/mol. The lowest BCUT2D eigenvalue weighted by atomic mass is 9.88. The van der Waals surface area contributed by atoms with Crippen LogP contribution in [0.4, 0.5) is 4.79 Å². The van der Waals surface area contributed by atoms with Crippen molar-refractivity contribution in [3.05, 3.63) is 45.9 Å². The molecule has 4 heterocycles.